The van der Waals surface area contributed by atoms with Crippen LogP contribution in [0.4, 0.5) is 0 Å². The number of carbonyl (C=O) groups is 1. The van der Waals surface area contributed by atoms with Crippen molar-refractivity contribution < 1.29 is 9.53 Å². The summed E-state index contributed by atoms with van der Waals surface area (Å²) in [5.41, 5.74) is 2.89. The number of hydrogen-bond donors (Lipinski definition) is 2. The van der Waals surface area contributed by atoms with E-state index in [1.165, 1.54) is 11.1 Å². The van der Waals surface area contributed by atoms with Gasteiger partial charge in [-0.2, -0.15) is 0 Å². The molecule has 1 saturated heterocycles. The third-order valence-corrected chi connectivity index (χ3v) is 6.76. The molecular formula is C23H24N4O2S. The fourth-order valence-corrected chi connectivity index (χ4v) is 4.73. The van der Waals surface area contributed by atoms with Crippen molar-refractivity contribution >= 4 is 33.0 Å². The summed E-state index contributed by atoms with van der Waals surface area (Å²) in [6.45, 7) is 10.6. The third kappa shape index (κ3) is 3.41. The molecule has 1 fully saturated rings. The molecule has 5 rings (SSSR count). The molecule has 1 amide bonds. The maximum Gasteiger partial charge on any atom is 0.256 e. The normalized spacial score (nSPS) is 19.8. The topological polar surface area (TPSA) is 66.5 Å². The van der Waals surface area contributed by atoms with Crippen LogP contribution in [-0.4, -0.2) is 29.9 Å². The first-order chi connectivity index (χ1) is 14.3. The van der Waals surface area contributed by atoms with Gasteiger partial charge in [0.15, 0.2) is 0 Å². The molecule has 0 spiro atoms. The van der Waals surface area contributed by atoms with E-state index in [2.05, 4.69) is 46.8 Å². The van der Waals surface area contributed by atoms with Gasteiger partial charge in [0.05, 0.1) is 12.9 Å². The summed E-state index contributed by atoms with van der Waals surface area (Å²) >= 11 is 1.59. The van der Waals surface area contributed by atoms with Crippen LogP contribution in [0.3, 0.4) is 0 Å². The molecule has 1 aromatic carbocycles. The highest BCUT2D eigenvalue weighted by molar-refractivity contribution is 7.19. The smallest absolute Gasteiger partial charge is 0.256 e. The molecule has 0 saturated carbocycles. The molecular weight excluding hydrogens is 396 g/mol. The molecule has 0 radical (unpaired) electrons. The van der Waals surface area contributed by atoms with Crippen molar-refractivity contribution in [3.63, 3.8) is 0 Å². The van der Waals surface area contributed by atoms with Crippen molar-refractivity contribution in [1.29, 1.82) is 0 Å². The van der Waals surface area contributed by atoms with Gasteiger partial charge in [0.1, 0.15) is 11.3 Å². The summed E-state index contributed by atoms with van der Waals surface area (Å²) in [4.78, 5) is 19.1. The van der Waals surface area contributed by atoms with Gasteiger partial charge in [-0.05, 0) is 36.8 Å². The summed E-state index contributed by atoms with van der Waals surface area (Å²) in [6.07, 6.45) is 3.56. The second kappa shape index (κ2) is 7.50. The van der Waals surface area contributed by atoms with Crippen LogP contribution in [0.25, 0.3) is 15.8 Å². The summed E-state index contributed by atoms with van der Waals surface area (Å²) in [7, 11) is 3.73. The Morgan fingerprint density at radius 3 is 2.73 bits per heavy atom. The van der Waals surface area contributed by atoms with E-state index >= 15 is 0 Å². The quantitative estimate of drug-likeness (QED) is 0.660. The molecule has 3 aromatic rings. The minimum Gasteiger partial charge on any atom is -0.497 e. The zero-order valence-electron chi connectivity index (χ0n) is 17.3. The number of aromatic nitrogens is 1. The Balaban J connectivity index is 0.000000151. The molecule has 1 atom stereocenters. The van der Waals surface area contributed by atoms with E-state index in [0.29, 0.717) is 5.82 Å². The van der Waals surface area contributed by atoms with E-state index in [1.807, 2.05) is 31.2 Å². The number of pyridine rings is 1. The number of ether oxygens (including phenoxy) is 1. The van der Waals surface area contributed by atoms with Crippen LogP contribution in [0, 0.1) is 0 Å². The van der Waals surface area contributed by atoms with Gasteiger partial charge in [-0.15, -0.1) is 11.3 Å². The van der Waals surface area contributed by atoms with E-state index in [1.54, 1.807) is 30.8 Å². The molecule has 2 aromatic heterocycles. The highest BCUT2D eigenvalue weighted by atomic mass is 32.1. The van der Waals surface area contributed by atoms with Gasteiger partial charge in [0.25, 0.3) is 5.91 Å². The fraction of sp³-hybridized carbons (Fsp3) is 0.217. The van der Waals surface area contributed by atoms with Gasteiger partial charge >= 0.3 is 0 Å². The van der Waals surface area contributed by atoms with Crippen molar-refractivity contribution in [1.82, 2.24) is 20.5 Å². The Morgan fingerprint density at radius 2 is 2.07 bits per heavy atom. The second-order valence-electron chi connectivity index (χ2n) is 7.53. The van der Waals surface area contributed by atoms with Crippen LogP contribution in [0.1, 0.15) is 22.9 Å². The molecule has 4 heterocycles. The van der Waals surface area contributed by atoms with Crippen LogP contribution >= 0.6 is 11.3 Å². The number of nitrogens with zero attached hydrogens (tertiary/aromatic N) is 2. The van der Waals surface area contributed by atoms with Gasteiger partial charge in [-0.3, -0.25) is 9.78 Å². The molecule has 2 aliphatic rings. The number of carbonyl (C=O) groups excluding carboxylic acids is 1. The predicted molar refractivity (Wildman–Crippen MR) is 121 cm³/mol. The Hall–Kier alpha value is -3.32. The lowest BCUT2D eigenvalue weighted by molar-refractivity contribution is -0.123. The number of rotatable bonds is 2. The molecule has 30 heavy (non-hydrogen) atoms. The molecule has 1 unspecified atom stereocenters. The number of fused-ring (bicyclic) bond motifs is 2. The summed E-state index contributed by atoms with van der Waals surface area (Å²) < 4.78 is 6.29. The van der Waals surface area contributed by atoms with Gasteiger partial charge in [-0.1, -0.05) is 19.2 Å². The Bertz CT molecular complexity index is 1140. The number of hydrogen-bond acceptors (Lipinski definition) is 6. The highest BCUT2D eigenvalue weighted by Gasteiger charge is 2.42. The molecule has 6 nitrogen and oxygen atoms in total. The second-order valence-corrected chi connectivity index (χ2v) is 8.62. The number of thiophene rings is 1. The van der Waals surface area contributed by atoms with Crippen molar-refractivity contribution in [2.45, 2.75) is 19.0 Å². The molecule has 0 aliphatic carbocycles. The maximum atomic E-state index is 11.9. The van der Waals surface area contributed by atoms with Gasteiger partial charge in [0.2, 0.25) is 0 Å². The predicted octanol–water partition coefficient (Wildman–Crippen LogP) is 3.81. The average Bonchev–Trinajstić information content (AvgIpc) is 3.37. The first-order valence-electron chi connectivity index (χ1n) is 9.51. The van der Waals surface area contributed by atoms with Gasteiger partial charge in [0, 0.05) is 52.2 Å². The number of benzene rings is 1. The van der Waals surface area contributed by atoms with Crippen LogP contribution in [0.2, 0.25) is 0 Å². The summed E-state index contributed by atoms with van der Waals surface area (Å²) in [6, 6.07) is 10.1. The SMILES string of the molecule is C=C1NC(=O)C(C)(c2cc3cnccc3s2)N1.C=C1c2cc(OC)ccc2CN1C. The monoisotopic (exact) mass is 420 g/mol. The number of nitrogens with one attached hydrogen (secondary N) is 2. The Kier molecular flexibility index (Phi) is 4.99. The molecule has 2 N–H and O–H groups in total. The van der Waals surface area contributed by atoms with Crippen molar-refractivity contribution in [2.75, 3.05) is 14.2 Å². The summed E-state index contributed by atoms with van der Waals surface area (Å²) in [5.74, 6) is 1.38. The van der Waals surface area contributed by atoms with Crippen LogP contribution < -0.4 is 15.4 Å². The zero-order valence-corrected chi connectivity index (χ0v) is 18.1. The number of methoxy groups -OCH3 is 1. The molecule has 0 bridgehead atoms. The van der Waals surface area contributed by atoms with Crippen molar-refractivity contribution in [3.05, 3.63) is 77.7 Å². The van der Waals surface area contributed by atoms with E-state index in [-0.39, 0.29) is 5.91 Å². The van der Waals surface area contributed by atoms with Crippen molar-refractivity contribution in [2.24, 2.45) is 0 Å². The molecule has 154 valence electrons. The van der Waals surface area contributed by atoms with E-state index in [9.17, 15) is 4.79 Å². The van der Waals surface area contributed by atoms with Crippen LogP contribution in [0.5, 0.6) is 5.75 Å². The lowest BCUT2D eigenvalue weighted by Gasteiger charge is -2.19. The minimum atomic E-state index is -0.721. The van der Waals surface area contributed by atoms with E-state index in [4.69, 9.17) is 4.74 Å². The van der Waals surface area contributed by atoms with Crippen molar-refractivity contribution in [3.8, 4) is 5.75 Å². The highest BCUT2D eigenvalue weighted by Crippen LogP contribution is 2.35. The van der Waals surface area contributed by atoms with Crippen LogP contribution in [-0.2, 0) is 16.9 Å². The standard InChI is InChI=1S/C12H11N3OS.C11H13NO/c1-7-14-11(16)12(2,15-7)10-5-8-6-13-4-3-9(8)17-10;1-8-11-6-10(13-3)5-4-9(11)7-12(8)2/h3-6,15H,1H2,2H3,(H,14,16);4-6H,1,7H2,2-3H3. The van der Waals surface area contributed by atoms with E-state index < -0.39 is 5.54 Å². The van der Waals surface area contributed by atoms with Gasteiger partial charge in [-0.25, -0.2) is 0 Å². The van der Waals surface area contributed by atoms with Gasteiger partial charge < -0.3 is 20.3 Å². The Labute approximate surface area is 179 Å². The van der Waals surface area contributed by atoms with E-state index in [0.717, 1.165) is 33.0 Å². The first kappa shape index (κ1) is 20.0. The molecule has 2 aliphatic heterocycles. The lowest BCUT2D eigenvalue weighted by atomic mass is 10.0. The minimum absolute atomic E-state index is 0.0676. The average molecular weight is 421 g/mol. The lowest BCUT2D eigenvalue weighted by Crippen LogP contribution is -2.38. The summed E-state index contributed by atoms with van der Waals surface area (Å²) in [5, 5.41) is 6.85. The fourth-order valence-electron chi connectivity index (χ4n) is 3.60. The first-order valence-corrected chi connectivity index (χ1v) is 10.3. The third-order valence-electron chi connectivity index (χ3n) is 5.43. The number of amides is 1. The maximum absolute atomic E-state index is 11.9. The largest absolute Gasteiger partial charge is 0.497 e. The molecule has 7 heteroatoms. The Morgan fingerprint density at radius 1 is 1.27 bits per heavy atom. The van der Waals surface area contributed by atoms with Crippen LogP contribution in [0.15, 0.2) is 61.7 Å². The zero-order chi connectivity index (χ0) is 21.5.